The molecule has 0 saturated heterocycles. The molecule has 20 heavy (non-hydrogen) atoms. The molecule has 0 saturated carbocycles. The minimum atomic E-state index is -0.0374. The number of aromatic amines is 1. The molecule has 3 aromatic rings. The smallest absolute Gasteiger partial charge is 0.272 e. The van der Waals surface area contributed by atoms with Crippen LogP contribution in [0, 0.1) is 6.92 Å². The molecule has 1 N–H and O–H groups in total. The second-order valence-corrected chi connectivity index (χ2v) is 4.84. The molecule has 0 unspecified atom stereocenters. The molecule has 0 atom stereocenters. The summed E-state index contributed by atoms with van der Waals surface area (Å²) in [5, 5.41) is 2.92. The molecule has 0 amide bonds. The van der Waals surface area contributed by atoms with Crippen molar-refractivity contribution in [2.75, 3.05) is 0 Å². The van der Waals surface area contributed by atoms with Gasteiger partial charge in [0.15, 0.2) is 0 Å². The van der Waals surface area contributed by atoms with Gasteiger partial charge in [-0.1, -0.05) is 60.7 Å². The predicted octanol–water partition coefficient (Wildman–Crippen LogP) is 3.20. The topological polar surface area (TPSA) is 37.8 Å². The average molecular weight is 264 g/mol. The molecule has 3 heteroatoms. The van der Waals surface area contributed by atoms with Crippen LogP contribution in [0.2, 0.25) is 0 Å². The van der Waals surface area contributed by atoms with E-state index < -0.39 is 0 Å². The molecule has 0 spiro atoms. The van der Waals surface area contributed by atoms with Crippen LogP contribution >= 0.6 is 0 Å². The zero-order valence-corrected chi connectivity index (χ0v) is 11.3. The molecule has 1 heterocycles. The first-order valence-corrected chi connectivity index (χ1v) is 6.64. The number of hydrogen-bond acceptors (Lipinski definition) is 1. The van der Waals surface area contributed by atoms with E-state index in [1.807, 2.05) is 60.1 Å². The summed E-state index contributed by atoms with van der Waals surface area (Å²) in [4.78, 5) is 12.2. The maximum atomic E-state index is 12.2. The number of nitrogens with one attached hydrogen (secondary N) is 1. The zero-order chi connectivity index (χ0) is 13.9. The van der Waals surface area contributed by atoms with Crippen LogP contribution in [0.4, 0.5) is 0 Å². The summed E-state index contributed by atoms with van der Waals surface area (Å²) in [7, 11) is 0. The van der Waals surface area contributed by atoms with Gasteiger partial charge in [0.2, 0.25) is 0 Å². The Morgan fingerprint density at radius 3 is 2.20 bits per heavy atom. The highest BCUT2D eigenvalue weighted by Gasteiger charge is 2.12. The third-order valence-electron chi connectivity index (χ3n) is 3.48. The van der Waals surface area contributed by atoms with Crippen molar-refractivity contribution in [3.05, 3.63) is 82.3 Å². The van der Waals surface area contributed by atoms with E-state index >= 15 is 0 Å². The van der Waals surface area contributed by atoms with E-state index in [2.05, 4.69) is 17.2 Å². The van der Waals surface area contributed by atoms with Gasteiger partial charge in [0.25, 0.3) is 5.56 Å². The van der Waals surface area contributed by atoms with Gasteiger partial charge in [0.05, 0.1) is 12.1 Å². The maximum Gasteiger partial charge on any atom is 0.272 e. The lowest BCUT2D eigenvalue weighted by Crippen LogP contribution is -2.07. The Labute approximate surface area is 117 Å². The summed E-state index contributed by atoms with van der Waals surface area (Å²) in [5.41, 5.74) is 3.80. The van der Waals surface area contributed by atoms with E-state index in [1.54, 1.807) is 0 Å². The minimum absolute atomic E-state index is 0.0374. The molecule has 2 aromatic carbocycles. The highest BCUT2D eigenvalue weighted by Crippen LogP contribution is 2.19. The third-order valence-corrected chi connectivity index (χ3v) is 3.48. The zero-order valence-electron chi connectivity index (χ0n) is 11.3. The van der Waals surface area contributed by atoms with E-state index in [-0.39, 0.29) is 5.56 Å². The van der Waals surface area contributed by atoms with E-state index in [0.717, 1.165) is 16.8 Å². The van der Waals surface area contributed by atoms with E-state index in [0.29, 0.717) is 6.54 Å². The second kappa shape index (κ2) is 5.21. The Bertz CT molecular complexity index is 755. The summed E-state index contributed by atoms with van der Waals surface area (Å²) in [6.45, 7) is 2.65. The molecule has 0 radical (unpaired) electrons. The summed E-state index contributed by atoms with van der Waals surface area (Å²) < 4.78 is 1.90. The fourth-order valence-corrected chi connectivity index (χ4v) is 2.43. The van der Waals surface area contributed by atoms with Crippen LogP contribution in [0.25, 0.3) is 11.1 Å². The van der Waals surface area contributed by atoms with Gasteiger partial charge in [0, 0.05) is 5.69 Å². The van der Waals surface area contributed by atoms with Gasteiger partial charge in [-0.25, -0.2) is 0 Å². The van der Waals surface area contributed by atoms with Gasteiger partial charge >= 0.3 is 0 Å². The largest absolute Gasteiger partial charge is 0.284 e. The first-order chi connectivity index (χ1) is 9.75. The lowest BCUT2D eigenvalue weighted by molar-refractivity contribution is 0.659. The Morgan fingerprint density at radius 1 is 0.950 bits per heavy atom. The number of nitrogens with zero attached hydrogens (tertiary/aromatic N) is 1. The van der Waals surface area contributed by atoms with Gasteiger partial charge in [-0.05, 0) is 18.1 Å². The molecule has 0 aliphatic rings. The third kappa shape index (κ3) is 2.30. The molecule has 3 rings (SSSR count). The standard InChI is InChI=1S/C17H16N2O/c1-13-16(15-10-6-3-7-11-15)17(20)18-19(13)12-14-8-4-2-5-9-14/h2-11H,12H2,1H3,(H,18,20). The number of rotatable bonds is 3. The quantitative estimate of drug-likeness (QED) is 0.775. The Balaban J connectivity index is 2.02. The van der Waals surface area contributed by atoms with E-state index in [4.69, 9.17) is 0 Å². The molecule has 0 aliphatic heterocycles. The molecular weight excluding hydrogens is 248 g/mol. The van der Waals surface area contributed by atoms with Crippen LogP contribution < -0.4 is 5.56 Å². The normalized spacial score (nSPS) is 10.7. The van der Waals surface area contributed by atoms with Crippen molar-refractivity contribution in [1.82, 2.24) is 9.78 Å². The summed E-state index contributed by atoms with van der Waals surface area (Å²) in [6.07, 6.45) is 0. The van der Waals surface area contributed by atoms with Crippen molar-refractivity contribution >= 4 is 0 Å². The minimum Gasteiger partial charge on any atom is -0.284 e. The van der Waals surface area contributed by atoms with Crippen LogP contribution in [0.3, 0.4) is 0 Å². The summed E-state index contributed by atoms with van der Waals surface area (Å²) in [5.74, 6) is 0. The number of H-pyrrole nitrogens is 1. The molecule has 3 nitrogen and oxygen atoms in total. The van der Waals surface area contributed by atoms with Crippen LogP contribution in [-0.2, 0) is 6.54 Å². The van der Waals surface area contributed by atoms with Gasteiger partial charge < -0.3 is 0 Å². The van der Waals surface area contributed by atoms with E-state index in [9.17, 15) is 4.79 Å². The fraction of sp³-hybridized carbons (Fsp3) is 0.118. The van der Waals surface area contributed by atoms with Crippen LogP contribution in [0.15, 0.2) is 65.5 Å². The van der Waals surface area contributed by atoms with Crippen molar-refractivity contribution in [2.45, 2.75) is 13.5 Å². The second-order valence-electron chi connectivity index (χ2n) is 4.84. The Kier molecular flexibility index (Phi) is 3.25. The average Bonchev–Trinajstić information content (AvgIpc) is 2.75. The lowest BCUT2D eigenvalue weighted by atomic mass is 10.1. The first kappa shape index (κ1) is 12.5. The molecule has 0 fully saturated rings. The van der Waals surface area contributed by atoms with Crippen LogP contribution in [0.5, 0.6) is 0 Å². The number of benzene rings is 2. The van der Waals surface area contributed by atoms with Gasteiger partial charge in [-0.15, -0.1) is 0 Å². The monoisotopic (exact) mass is 264 g/mol. The lowest BCUT2D eigenvalue weighted by Gasteiger charge is -2.06. The van der Waals surface area contributed by atoms with Gasteiger partial charge in [-0.3, -0.25) is 14.6 Å². The predicted molar refractivity (Wildman–Crippen MR) is 80.8 cm³/mol. The number of aromatic nitrogens is 2. The SMILES string of the molecule is Cc1c(-c2ccccc2)c(=O)[nH]n1Cc1ccccc1. The van der Waals surface area contributed by atoms with Crippen molar-refractivity contribution in [2.24, 2.45) is 0 Å². The molecule has 1 aromatic heterocycles. The highest BCUT2D eigenvalue weighted by molar-refractivity contribution is 5.64. The van der Waals surface area contributed by atoms with Crippen LogP contribution in [-0.4, -0.2) is 9.78 Å². The van der Waals surface area contributed by atoms with Gasteiger partial charge in [0.1, 0.15) is 0 Å². The van der Waals surface area contributed by atoms with E-state index in [1.165, 1.54) is 5.56 Å². The van der Waals surface area contributed by atoms with Crippen molar-refractivity contribution in [3.8, 4) is 11.1 Å². The van der Waals surface area contributed by atoms with Crippen molar-refractivity contribution in [1.29, 1.82) is 0 Å². The van der Waals surface area contributed by atoms with Crippen molar-refractivity contribution in [3.63, 3.8) is 0 Å². The highest BCUT2D eigenvalue weighted by atomic mass is 16.1. The summed E-state index contributed by atoms with van der Waals surface area (Å²) in [6, 6.07) is 19.9. The molecular formula is C17H16N2O. The van der Waals surface area contributed by atoms with Crippen LogP contribution in [0.1, 0.15) is 11.3 Å². The molecule has 100 valence electrons. The Morgan fingerprint density at radius 2 is 1.55 bits per heavy atom. The summed E-state index contributed by atoms with van der Waals surface area (Å²) >= 11 is 0. The fourth-order valence-electron chi connectivity index (χ4n) is 2.43. The Hall–Kier alpha value is -2.55. The first-order valence-electron chi connectivity index (χ1n) is 6.64. The molecule has 0 aliphatic carbocycles. The van der Waals surface area contributed by atoms with Crippen molar-refractivity contribution < 1.29 is 0 Å². The number of hydrogen-bond donors (Lipinski definition) is 1. The molecule has 0 bridgehead atoms. The van der Waals surface area contributed by atoms with Gasteiger partial charge in [-0.2, -0.15) is 0 Å². The maximum absolute atomic E-state index is 12.2.